The van der Waals surface area contributed by atoms with Crippen LogP contribution >= 0.6 is 0 Å². The van der Waals surface area contributed by atoms with E-state index in [1.165, 1.54) is 19.3 Å². The third kappa shape index (κ3) is 11.7. The minimum absolute atomic E-state index is 0.228. The number of sulfonamides is 1. The van der Waals surface area contributed by atoms with Gasteiger partial charge in [0.25, 0.3) is 0 Å². The largest absolute Gasteiger partial charge is 0.400 e. The molecule has 40 heavy (non-hydrogen) atoms. The van der Waals surface area contributed by atoms with Gasteiger partial charge in [0.1, 0.15) is 6.04 Å². The summed E-state index contributed by atoms with van der Waals surface area (Å²) in [5, 5.41) is 7.52. The SMILES string of the molecule is C=CC1NC(=NCC(/C=C\C(C)S(N)(=O)=O)=C/C)N=CC1N=CC1=CCC(C)(S(C)(=O)=O)C=C1.NCC(F)(F)F. The molecule has 2 rings (SSSR count). The summed E-state index contributed by atoms with van der Waals surface area (Å²) in [7, 11) is -6.84. The lowest BCUT2D eigenvalue weighted by Crippen LogP contribution is -2.45. The quantitative estimate of drug-likeness (QED) is 0.207. The summed E-state index contributed by atoms with van der Waals surface area (Å²) < 4.78 is 77.7. The van der Waals surface area contributed by atoms with Crippen molar-refractivity contribution in [3.8, 4) is 0 Å². The number of hydrogen-bond donors (Lipinski definition) is 3. The molecule has 0 saturated heterocycles. The summed E-state index contributed by atoms with van der Waals surface area (Å²) in [5.41, 5.74) is 5.82. The van der Waals surface area contributed by atoms with Crippen molar-refractivity contribution in [3.63, 3.8) is 0 Å². The second-order valence-electron chi connectivity index (χ2n) is 9.26. The smallest absolute Gasteiger partial charge is 0.346 e. The Bertz CT molecular complexity index is 1330. The second-order valence-corrected chi connectivity index (χ2v) is 13.7. The molecule has 0 fully saturated rings. The maximum absolute atomic E-state index is 12.0. The van der Waals surface area contributed by atoms with E-state index in [1.54, 1.807) is 43.7 Å². The topological polar surface area (TPSA) is 169 Å². The predicted molar refractivity (Wildman–Crippen MR) is 156 cm³/mol. The summed E-state index contributed by atoms with van der Waals surface area (Å²) in [6.07, 6.45) is 12.9. The molecule has 0 aromatic rings. The zero-order valence-corrected chi connectivity index (χ0v) is 24.5. The Morgan fingerprint density at radius 3 is 2.42 bits per heavy atom. The maximum atomic E-state index is 12.0. The van der Waals surface area contributed by atoms with Gasteiger partial charge in [0.05, 0.1) is 29.1 Å². The Hall–Kier alpha value is -2.88. The lowest BCUT2D eigenvalue weighted by Gasteiger charge is -2.26. The van der Waals surface area contributed by atoms with Crippen LogP contribution < -0.4 is 16.2 Å². The van der Waals surface area contributed by atoms with Gasteiger partial charge < -0.3 is 11.1 Å². The van der Waals surface area contributed by atoms with Crippen molar-refractivity contribution in [2.45, 2.75) is 55.4 Å². The first-order valence-corrected chi connectivity index (χ1v) is 15.6. The van der Waals surface area contributed by atoms with Crippen LogP contribution in [0.3, 0.4) is 0 Å². The standard InChI is InChI=1S/C23H33N5O4S2.C2H4F3N/c1-6-18(9-8-17(3)34(24,31)32)14-26-22-27-16-21(20(7-2)28-22)25-15-19-10-12-23(4,13-11-19)33(5,29)30;3-2(4,5)1-6/h6-12,15-17,20-21H,2,13-14H2,1,3-5H3,(H,26,28)(H2,24,31,32);1,6H2/b9-8-,18-6+,25-15?;. The molecule has 0 bridgehead atoms. The van der Waals surface area contributed by atoms with Crippen LogP contribution in [-0.2, 0) is 19.9 Å². The Kier molecular flexibility index (Phi) is 12.9. The molecule has 10 nitrogen and oxygen atoms in total. The summed E-state index contributed by atoms with van der Waals surface area (Å²) in [4.78, 5) is 13.3. The van der Waals surface area contributed by atoms with E-state index in [0.717, 1.165) is 11.1 Å². The van der Waals surface area contributed by atoms with Gasteiger partial charge in [0.2, 0.25) is 16.0 Å². The molecule has 4 unspecified atom stereocenters. The Morgan fingerprint density at radius 1 is 1.35 bits per heavy atom. The molecule has 0 aromatic heterocycles. The minimum Gasteiger partial charge on any atom is -0.346 e. The molecule has 224 valence electrons. The molecule has 1 heterocycles. The summed E-state index contributed by atoms with van der Waals surface area (Å²) in [6, 6.07) is -0.528. The molecule has 0 saturated carbocycles. The normalized spacial score (nSPS) is 25.9. The van der Waals surface area contributed by atoms with Crippen LogP contribution in [0.4, 0.5) is 13.2 Å². The van der Waals surface area contributed by atoms with Gasteiger partial charge in [-0.1, -0.05) is 42.5 Å². The van der Waals surface area contributed by atoms with E-state index < -0.39 is 42.6 Å². The number of sulfone groups is 1. The molecule has 5 N–H and O–H groups in total. The van der Waals surface area contributed by atoms with Crippen molar-refractivity contribution in [2.75, 3.05) is 19.3 Å². The second kappa shape index (κ2) is 14.7. The number of primary sulfonamides is 1. The van der Waals surface area contributed by atoms with Crippen molar-refractivity contribution in [1.29, 1.82) is 0 Å². The highest BCUT2D eigenvalue weighted by atomic mass is 32.2. The Balaban J connectivity index is 0.00000120. The third-order valence-electron chi connectivity index (χ3n) is 5.99. The van der Waals surface area contributed by atoms with Crippen molar-refractivity contribution >= 4 is 38.2 Å². The number of hydrogen-bond acceptors (Lipinski definition) is 7. The van der Waals surface area contributed by atoms with Gasteiger partial charge >= 0.3 is 6.18 Å². The summed E-state index contributed by atoms with van der Waals surface area (Å²) >= 11 is 0. The zero-order valence-electron chi connectivity index (χ0n) is 22.8. The number of nitrogens with two attached hydrogens (primary N) is 2. The first kappa shape index (κ1) is 35.1. The highest BCUT2D eigenvalue weighted by molar-refractivity contribution is 7.92. The lowest BCUT2D eigenvalue weighted by molar-refractivity contribution is -0.118. The number of nitrogens with zero attached hydrogens (tertiary/aromatic N) is 3. The summed E-state index contributed by atoms with van der Waals surface area (Å²) in [5.74, 6) is 0.421. The number of rotatable bonds is 9. The average Bonchev–Trinajstić information content (AvgIpc) is 2.87. The number of aliphatic imine (C=N–C) groups is 3. The van der Waals surface area contributed by atoms with Gasteiger partial charge in [-0.05, 0) is 38.3 Å². The number of guanidine groups is 1. The van der Waals surface area contributed by atoms with Crippen LogP contribution in [0.5, 0.6) is 0 Å². The molecular formula is C25H37F3N6O4S2. The zero-order chi connectivity index (χ0) is 30.8. The van der Waals surface area contributed by atoms with E-state index >= 15 is 0 Å². The molecular weight excluding hydrogens is 569 g/mol. The molecule has 1 aliphatic heterocycles. The first-order chi connectivity index (χ1) is 18.3. The molecule has 1 aliphatic carbocycles. The first-order valence-electron chi connectivity index (χ1n) is 12.1. The van der Waals surface area contributed by atoms with Crippen molar-refractivity contribution in [1.82, 2.24) is 5.32 Å². The number of alkyl halides is 3. The molecule has 0 aromatic carbocycles. The average molecular weight is 607 g/mol. The van der Waals surface area contributed by atoms with E-state index in [0.29, 0.717) is 18.9 Å². The molecule has 0 spiro atoms. The van der Waals surface area contributed by atoms with Crippen LogP contribution in [0.15, 0.2) is 75.2 Å². The van der Waals surface area contributed by atoms with E-state index in [9.17, 15) is 30.0 Å². The van der Waals surface area contributed by atoms with Gasteiger partial charge in [-0.25, -0.2) is 32.0 Å². The van der Waals surface area contributed by atoms with Crippen molar-refractivity contribution in [3.05, 3.63) is 60.3 Å². The van der Waals surface area contributed by atoms with Gasteiger partial charge in [-0.3, -0.25) is 4.99 Å². The van der Waals surface area contributed by atoms with Gasteiger partial charge in [0, 0.05) is 18.7 Å². The maximum Gasteiger partial charge on any atom is 0.400 e. The van der Waals surface area contributed by atoms with Crippen molar-refractivity contribution < 1.29 is 30.0 Å². The predicted octanol–water partition coefficient (Wildman–Crippen LogP) is 2.39. The van der Waals surface area contributed by atoms with E-state index in [1.807, 2.05) is 19.1 Å². The summed E-state index contributed by atoms with van der Waals surface area (Å²) in [6.45, 7) is 7.98. The van der Waals surface area contributed by atoms with Crippen LogP contribution in [0.2, 0.25) is 0 Å². The minimum atomic E-state index is -4.18. The third-order valence-corrected chi connectivity index (χ3v) is 9.18. The number of nitrogens with one attached hydrogen (secondary N) is 1. The Labute approximate surface area is 234 Å². The molecule has 0 radical (unpaired) electrons. The lowest BCUT2D eigenvalue weighted by atomic mass is 9.98. The molecule has 15 heteroatoms. The highest BCUT2D eigenvalue weighted by Gasteiger charge is 2.33. The van der Waals surface area contributed by atoms with Crippen molar-refractivity contribution in [2.24, 2.45) is 25.8 Å². The van der Waals surface area contributed by atoms with Gasteiger partial charge in [0.15, 0.2) is 9.84 Å². The van der Waals surface area contributed by atoms with Crippen LogP contribution in [-0.4, -0.2) is 82.8 Å². The fraction of sp³-hybridized carbons (Fsp3) is 0.480. The van der Waals surface area contributed by atoms with Crippen LogP contribution in [0.25, 0.3) is 0 Å². The highest BCUT2D eigenvalue weighted by Crippen LogP contribution is 2.27. The molecule has 0 amide bonds. The monoisotopic (exact) mass is 606 g/mol. The van der Waals surface area contributed by atoms with E-state index in [2.05, 4.69) is 32.6 Å². The fourth-order valence-electron chi connectivity index (χ4n) is 2.97. The molecule has 2 aliphatic rings. The van der Waals surface area contributed by atoms with Crippen LogP contribution in [0, 0.1) is 0 Å². The van der Waals surface area contributed by atoms with Crippen LogP contribution in [0.1, 0.15) is 27.2 Å². The van der Waals surface area contributed by atoms with E-state index in [-0.39, 0.29) is 12.1 Å². The fourth-order valence-corrected chi connectivity index (χ4v) is 3.97. The number of allylic oxidation sites excluding steroid dienone is 4. The van der Waals surface area contributed by atoms with Gasteiger partial charge in [-0.2, -0.15) is 13.2 Å². The Morgan fingerprint density at radius 2 is 1.98 bits per heavy atom. The molecule has 4 atom stereocenters. The van der Waals surface area contributed by atoms with E-state index in [4.69, 9.17) is 5.14 Å². The van der Waals surface area contributed by atoms with Gasteiger partial charge in [-0.15, -0.1) is 6.58 Å². The number of halogens is 3.